The summed E-state index contributed by atoms with van der Waals surface area (Å²) in [5, 5.41) is 27.2. The summed E-state index contributed by atoms with van der Waals surface area (Å²) in [7, 11) is 1.48. The van der Waals surface area contributed by atoms with Gasteiger partial charge in [-0.1, -0.05) is 6.07 Å². The summed E-state index contributed by atoms with van der Waals surface area (Å²) in [6.07, 6.45) is 3.89. The number of aliphatic hydroxyl groups excluding tert-OH is 1. The van der Waals surface area contributed by atoms with Gasteiger partial charge in [0.2, 0.25) is 0 Å². The normalized spacial score (nSPS) is 11.7. The summed E-state index contributed by atoms with van der Waals surface area (Å²) in [6, 6.07) is 8.41. The van der Waals surface area contributed by atoms with Crippen molar-refractivity contribution in [3.8, 4) is 22.8 Å². The molecule has 0 saturated heterocycles. The van der Waals surface area contributed by atoms with Crippen LogP contribution in [0.2, 0.25) is 0 Å². The summed E-state index contributed by atoms with van der Waals surface area (Å²) in [4.78, 5) is 20.6. The maximum absolute atomic E-state index is 12.2. The lowest BCUT2D eigenvalue weighted by Gasteiger charge is -2.16. The number of rotatable bonds is 8. The molecule has 0 aliphatic rings. The van der Waals surface area contributed by atoms with Gasteiger partial charge in [-0.05, 0) is 36.2 Å². The van der Waals surface area contributed by atoms with Crippen LogP contribution in [-0.4, -0.2) is 46.5 Å². The first-order chi connectivity index (χ1) is 14.1. The number of carbonyl (C=O) groups is 1. The van der Waals surface area contributed by atoms with E-state index < -0.39 is 6.03 Å². The van der Waals surface area contributed by atoms with E-state index in [0.717, 1.165) is 16.8 Å². The van der Waals surface area contributed by atoms with Crippen molar-refractivity contribution in [1.82, 2.24) is 15.3 Å². The Morgan fingerprint density at radius 1 is 1.34 bits per heavy atom. The zero-order chi connectivity index (χ0) is 20.6. The lowest BCUT2D eigenvalue weighted by Crippen LogP contribution is -2.34. The molecule has 29 heavy (non-hydrogen) atoms. The molecule has 152 valence electrons. The highest BCUT2D eigenvalue weighted by atomic mass is 32.1. The number of hydrogen-bond donors (Lipinski definition) is 4. The van der Waals surface area contributed by atoms with E-state index >= 15 is 0 Å². The van der Waals surface area contributed by atoms with Gasteiger partial charge in [-0.25, -0.2) is 9.78 Å². The van der Waals surface area contributed by atoms with Crippen LogP contribution < -0.4 is 15.4 Å². The number of ether oxygens (including phenoxy) is 1. The van der Waals surface area contributed by atoms with E-state index in [1.165, 1.54) is 18.4 Å². The molecule has 0 fully saturated rings. The van der Waals surface area contributed by atoms with E-state index in [1.54, 1.807) is 24.5 Å². The van der Waals surface area contributed by atoms with Crippen LogP contribution in [0.3, 0.4) is 0 Å². The molecule has 0 radical (unpaired) electrons. The maximum atomic E-state index is 12.2. The first-order valence-electron chi connectivity index (χ1n) is 8.96. The summed E-state index contributed by atoms with van der Waals surface area (Å²) in [5.74, 6) is 0.234. The predicted octanol–water partition coefficient (Wildman–Crippen LogP) is 2.89. The minimum atomic E-state index is -0.395. The lowest BCUT2D eigenvalue weighted by atomic mass is 9.99. The highest BCUT2D eigenvalue weighted by molar-refractivity contribution is 7.14. The molecule has 2 heterocycles. The van der Waals surface area contributed by atoms with Gasteiger partial charge in [-0.2, -0.15) is 0 Å². The van der Waals surface area contributed by atoms with E-state index in [0.29, 0.717) is 17.3 Å². The van der Waals surface area contributed by atoms with Crippen LogP contribution in [0, 0.1) is 5.92 Å². The standard InChI is InChI=1S/C20H22N4O4S/c1-28-18-5-4-13(8-17(18)26)7-14(11-25)9-22-19(27)24-20-23-16(12-29-20)15-3-2-6-21-10-15/h2-6,8,10,12,14,25-26H,7,9,11H2,1H3,(H2,22,23,24,27)/t14-/m0/s1. The Kier molecular flexibility index (Phi) is 6.99. The average Bonchev–Trinajstić information content (AvgIpc) is 3.20. The quantitative estimate of drug-likeness (QED) is 0.450. The Bertz CT molecular complexity index is 949. The molecule has 1 aromatic carbocycles. The summed E-state index contributed by atoms with van der Waals surface area (Å²) >= 11 is 1.32. The molecular formula is C20H22N4O4S. The number of phenols is 1. The van der Waals surface area contributed by atoms with Crippen molar-refractivity contribution in [2.75, 3.05) is 25.6 Å². The van der Waals surface area contributed by atoms with Gasteiger partial charge in [0.1, 0.15) is 0 Å². The zero-order valence-electron chi connectivity index (χ0n) is 15.8. The minimum absolute atomic E-state index is 0.0422. The Morgan fingerprint density at radius 3 is 2.90 bits per heavy atom. The van der Waals surface area contributed by atoms with Crippen LogP contribution in [0.25, 0.3) is 11.3 Å². The molecule has 1 atom stereocenters. The first kappa shape index (κ1) is 20.6. The van der Waals surface area contributed by atoms with Crippen molar-refractivity contribution in [3.05, 3.63) is 53.7 Å². The van der Waals surface area contributed by atoms with Crippen LogP contribution in [0.4, 0.5) is 9.93 Å². The van der Waals surface area contributed by atoms with Crippen molar-refractivity contribution < 1.29 is 19.7 Å². The molecule has 0 aliphatic carbocycles. The van der Waals surface area contributed by atoms with E-state index in [-0.39, 0.29) is 24.8 Å². The lowest BCUT2D eigenvalue weighted by molar-refractivity contribution is 0.218. The van der Waals surface area contributed by atoms with Crippen molar-refractivity contribution >= 4 is 22.5 Å². The van der Waals surface area contributed by atoms with Gasteiger partial charge in [-0.3, -0.25) is 10.3 Å². The minimum Gasteiger partial charge on any atom is -0.504 e. The van der Waals surface area contributed by atoms with Gasteiger partial charge in [0.05, 0.1) is 12.8 Å². The van der Waals surface area contributed by atoms with Crippen molar-refractivity contribution in [1.29, 1.82) is 0 Å². The van der Waals surface area contributed by atoms with Gasteiger partial charge in [0, 0.05) is 42.4 Å². The largest absolute Gasteiger partial charge is 0.504 e. The van der Waals surface area contributed by atoms with Crippen molar-refractivity contribution in [2.45, 2.75) is 6.42 Å². The van der Waals surface area contributed by atoms with E-state index in [4.69, 9.17) is 4.74 Å². The second kappa shape index (κ2) is 9.85. The molecule has 0 spiro atoms. The summed E-state index contributed by atoms with van der Waals surface area (Å²) < 4.78 is 5.02. The van der Waals surface area contributed by atoms with E-state index in [1.807, 2.05) is 23.6 Å². The van der Waals surface area contributed by atoms with Crippen LogP contribution in [0.5, 0.6) is 11.5 Å². The van der Waals surface area contributed by atoms with Crippen molar-refractivity contribution in [2.24, 2.45) is 5.92 Å². The second-order valence-electron chi connectivity index (χ2n) is 6.37. The topological polar surface area (TPSA) is 117 Å². The van der Waals surface area contributed by atoms with E-state index in [9.17, 15) is 15.0 Å². The number of aliphatic hydroxyl groups is 1. The van der Waals surface area contributed by atoms with Gasteiger partial charge in [0.15, 0.2) is 16.6 Å². The fourth-order valence-electron chi connectivity index (χ4n) is 2.75. The molecule has 3 aromatic rings. The molecule has 0 bridgehead atoms. The third-order valence-corrected chi connectivity index (χ3v) is 5.02. The fourth-order valence-corrected chi connectivity index (χ4v) is 3.47. The van der Waals surface area contributed by atoms with Crippen LogP contribution in [-0.2, 0) is 6.42 Å². The zero-order valence-corrected chi connectivity index (χ0v) is 16.6. The molecule has 2 aromatic heterocycles. The number of phenolic OH excluding ortho intramolecular Hbond substituents is 1. The van der Waals surface area contributed by atoms with Crippen LogP contribution in [0.15, 0.2) is 48.1 Å². The smallest absolute Gasteiger partial charge is 0.321 e. The van der Waals surface area contributed by atoms with Gasteiger partial charge in [-0.15, -0.1) is 11.3 Å². The third-order valence-electron chi connectivity index (χ3n) is 4.26. The molecule has 8 nitrogen and oxygen atoms in total. The molecule has 9 heteroatoms. The number of amides is 2. The number of carbonyl (C=O) groups excluding carboxylic acids is 1. The number of hydrogen-bond acceptors (Lipinski definition) is 7. The maximum Gasteiger partial charge on any atom is 0.321 e. The van der Waals surface area contributed by atoms with Crippen LogP contribution in [0.1, 0.15) is 5.56 Å². The average molecular weight is 414 g/mol. The molecule has 0 aliphatic heterocycles. The van der Waals surface area contributed by atoms with Crippen molar-refractivity contribution in [3.63, 3.8) is 0 Å². The van der Waals surface area contributed by atoms with E-state index in [2.05, 4.69) is 20.6 Å². The molecule has 0 saturated carbocycles. The molecule has 3 rings (SSSR count). The van der Waals surface area contributed by atoms with Gasteiger partial charge >= 0.3 is 6.03 Å². The molecule has 0 unspecified atom stereocenters. The molecular weight excluding hydrogens is 392 g/mol. The van der Waals surface area contributed by atoms with Gasteiger partial charge in [0.25, 0.3) is 0 Å². The Labute approximate surface area is 172 Å². The highest BCUT2D eigenvalue weighted by Gasteiger charge is 2.13. The third kappa shape index (κ3) is 5.66. The number of thiazole rings is 1. The Balaban J connectivity index is 1.51. The number of nitrogens with zero attached hydrogens (tertiary/aromatic N) is 2. The number of methoxy groups -OCH3 is 1. The van der Waals surface area contributed by atoms with Crippen LogP contribution >= 0.6 is 11.3 Å². The molecule has 4 N–H and O–H groups in total. The number of benzene rings is 1. The Hall–Kier alpha value is -3.17. The summed E-state index contributed by atoms with van der Waals surface area (Å²) in [6.45, 7) is 0.172. The number of anilines is 1. The number of aromatic hydroxyl groups is 1. The van der Waals surface area contributed by atoms with Gasteiger partial charge < -0.3 is 20.3 Å². The first-order valence-corrected chi connectivity index (χ1v) is 9.84. The highest BCUT2D eigenvalue weighted by Crippen LogP contribution is 2.27. The fraction of sp³-hybridized carbons (Fsp3) is 0.250. The number of urea groups is 1. The number of aromatic nitrogens is 2. The predicted molar refractivity (Wildman–Crippen MR) is 111 cm³/mol. The monoisotopic (exact) mass is 414 g/mol. The molecule has 2 amide bonds. The number of pyridine rings is 1. The second-order valence-corrected chi connectivity index (χ2v) is 7.23. The Morgan fingerprint density at radius 2 is 2.21 bits per heavy atom. The number of nitrogens with one attached hydrogen (secondary N) is 2. The SMILES string of the molecule is COc1ccc(C[C@H](CO)CNC(=O)Nc2nc(-c3cccnc3)cs2)cc1O. The summed E-state index contributed by atoms with van der Waals surface area (Å²) in [5.41, 5.74) is 2.46.